The fourth-order valence-corrected chi connectivity index (χ4v) is 3.41. The van der Waals surface area contributed by atoms with Gasteiger partial charge in [0.2, 0.25) is 5.91 Å². The highest BCUT2D eigenvalue weighted by atomic mass is 16.2. The van der Waals surface area contributed by atoms with Crippen LogP contribution in [0.4, 0.5) is 0 Å². The standard InChI is InChI=1S/C22H29N5O/c1-15-19(16(2)27-21(25-15)23-14-24-27)11-12-20(28)26(6)13-17-7-9-18(10-8-17)22(3,4)5/h7-10,14H,11-13H2,1-6H3. The van der Waals surface area contributed by atoms with Crippen LogP contribution in [0.5, 0.6) is 0 Å². The van der Waals surface area contributed by atoms with Crippen molar-refractivity contribution in [1.82, 2.24) is 24.5 Å². The van der Waals surface area contributed by atoms with Crippen LogP contribution >= 0.6 is 0 Å². The maximum absolute atomic E-state index is 12.7. The van der Waals surface area contributed by atoms with E-state index in [-0.39, 0.29) is 11.3 Å². The molecule has 6 nitrogen and oxygen atoms in total. The van der Waals surface area contributed by atoms with Gasteiger partial charge in [0.1, 0.15) is 6.33 Å². The number of carbonyl (C=O) groups excluding carboxylic acids is 1. The second-order valence-electron chi connectivity index (χ2n) is 8.43. The molecule has 6 heteroatoms. The Balaban J connectivity index is 1.63. The molecule has 2 heterocycles. The summed E-state index contributed by atoms with van der Waals surface area (Å²) in [5.41, 5.74) is 5.54. The molecule has 0 bridgehead atoms. The molecule has 28 heavy (non-hydrogen) atoms. The number of carbonyl (C=O) groups is 1. The second kappa shape index (κ2) is 7.70. The molecule has 0 saturated carbocycles. The van der Waals surface area contributed by atoms with Crippen molar-refractivity contribution in [3.63, 3.8) is 0 Å². The van der Waals surface area contributed by atoms with Crippen molar-refractivity contribution < 1.29 is 4.79 Å². The van der Waals surface area contributed by atoms with Gasteiger partial charge in [-0.3, -0.25) is 4.79 Å². The molecule has 0 atom stereocenters. The van der Waals surface area contributed by atoms with Gasteiger partial charge in [0, 0.05) is 31.4 Å². The highest BCUT2D eigenvalue weighted by Gasteiger charge is 2.16. The van der Waals surface area contributed by atoms with Gasteiger partial charge in [-0.2, -0.15) is 10.1 Å². The largest absolute Gasteiger partial charge is 0.341 e. The summed E-state index contributed by atoms with van der Waals surface area (Å²) in [6.45, 7) is 11.2. The third-order valence-electron chi connectivity index (χ3n) is 5.24. The Morgan fingerprint density at radius 3 is 2.46 bits per heavy atom. The minimum Gasteiger partial charge on any atom is -0.341 e. The van der Waals surface area contributed by atoms with Crippen molar-refractivity contribution in [3.8, 4) is 0 Å². The highest BCUT2D eigenvalue weighted by molar-refractivity contribution is 5.76. The van der Waals surface area contributed by atoms with E-state index in [9.17, 15) is 4.79 Å². The number of fused-ring (bicyclic) bond motifs is 1. The van der Waals surface area contributed by atoms with Crippen LogP contribution in [0.1, 0.15) is 55.3 Å². The Hall–Kier alpha value is -2.76. The molecular weight excluding hydrogens is 350 g/mol. The van der Waals surface area contributed by atoms with E-state index in [1.807, 2.05) is 20.9 Å². The zero-order valence-corrected chi connectivity index (χ0v) is 17.7. The average Bonchev–Trinajstić information content (AvgIpc) is 3.09. The van der Waals surface area contributed by atoms with Crippen LogP contribution in [0.2, 0.25) is 0 Å². The Morgan fingerprint density at radius 2 is 1.82 bits per heavy atom. The topological polar surface area (TPSA) is 63.4 Å². The molecule has 148 valence electrons. The van der Waals surface area contributed by atoms with Gasteiger partial charge >= 0.3 is 0 Å². The smallest absolute Gasteiger partial charge is 0.252 e. The first-order valence-corrected chi connectivity index (χ1v) is 9.66. The normalized spacial score (nSPS) is 11.8. The van der Waals surface area contributed by atoms with Crippen LogP contribution in [0.15, 0.2) is 30.6 Å². The molecule has 1 aromatic carbocycles. The zero-order valence-electron chi connectivity index (χ0n) is 17.7. The van der Waals surface area contributed by atoms with Crippen molar-refractivity contribution in [3.05, 3.63) is 58.7 Å². The lowest BCUT2D eigenvalue weighted by molar-refractivity contribution is -0.130. The first-order chi connectivity index (χ1) is 13.2. The predicted octanol–water partition coefficient (Wildman–Crippen LogP) is 3.63. The number of benzene rings is 1. The first-order valence-electron chi connectivity index (χ1n) is 9.66. The van der Waals surface area contributed by atoms with Crippen molar-refractivity contribution in [1.29, 1.82) is 0 Å². The summed E-state index contributed by atoms with van der Waals surface area (Å²) in [7, 11) is 1.86. The molecule has 3 rings (SSSR count). The average molecular weight is 380 g/mol. The van der Waals surface area contributed by atoms with E-state index in [2.05, 4.69) is 60.1 Å². The molecular formula is C22H29N5O. The summed E-state index contributed by atoms with van der Waals surface area (Å²) in [6.07, 6.45) is 2.59. The maximum atomic E-state index is 12.7. The molecule has 1 amide bonds. The minimum absolute atomic E-state index is 0.123. The van der Waals surface area contributed by atoms with Crippen LogP contribution in [0.3, 0.4) is 0 Å². The predicted molar refractivity (Wildman–Crippen MR) is 110 cm³/mol. The van der Waals surface area contributed by atoms with Crippen LogP contribution in [0, 0.1) is 13.8 Å². The van der Waals surface area contributed by atoms with E-state index in [1.54, 1.807) is 9.42 Å². The van der Waals surface area contributed by atoms with Crippen LogP contribution in [-0.4, -0.2) is 37.4 Å². The van der Waals surface area contributed by atoms with Gasteiger partial charge < -0.3 is 4.90 Å². The fraction of sp³-hybridized carbons (Fsp3) is 0.455. The summed E-state index contributed by atoms with van der Waals surface area (Å²) in [6, 6.07) is 8.53. The van der Waals surface area contributed by atoms with Gasteiger partial charge in [0.15, 0.2) is 0 Å². The van der Waals surface area contributed by atoms with Gasteiger partial charge in [-0.05, 0) is 42.4 Å². The molecule has 0 fully saturated rings. The summed E-state index contributed by atoms with van der Waals surface area (Å²) in [4.78, 5) is 23.1. The van der Waals surface area contributed by atoms with Crippen LogP contribution in [-0.2, 0) is 23.2 Å². The molecule has 3 aromatic rings. The Morgan fingerprint density at radius 1 is 1.14 bits per heavy atom. The number of aryl methyl sites for hydroxylation is 2. The van der Waals surface area contributed by atoms with Crippen molar-refractivity contribution in [2.75, 3.05) is 7.05 Å². The van der Waals surface area contributed by atoms with Crippen LogP contribution in [0.25, 0.3) is 5.78 Å². The molecule has 0 spiro atoms. The molecule has 2 aromatic heterocycles. The first kappa shape index (κ1) is 20.0. The third kappa shape index (κ3) is 4.21. The van der Waals surface area contributed by atoms with E-state index in [4.69, 9.17) is 0 Å². The maximum Gasteiger partial charge on any atom is 0.252 e. The van der Waals surface area contributed by atoms with E-state index in [0.717, 1.165) is 22.5 Å². The number of rotatable bonds is 5. The van der Waals surface area contributed by atoms with Gasteiger partial charge in [0.25, 0.3) is 5.78 Å². The molecule has 0 aliphatic carbocycles. The lowest BCUT2D eigenvalue weighted by Crippen LogP contribution is -2.26. The van der Waals surface area contributed by atoms with Gasteiger partial charge in [-0.15, -0.1) is 0 Å². The third-order valence-corrected chi connectivity index (χ3v) is 5.24. The number of aromatic nitrogens is 4. The molecule has 0 saturated heterocycles. The van der Waals surface area contributed by atoms with E-state index in [0.29, 0.717) is 25.2 Å². The van der Waals surface area contributed by atoms with Crippen molar-refractivity contribution >= 4 is 11.7 Å². The van der Waals surface area contributed by atoms with Crippen LogP contribution < -0.4 is 0 Å². The lowest BCUT2D eigenvalue weighted by Gasteiger charge is -2.21. The van der Waals surface area contributed by atoms with Crippen molar-refractivity contribution in [2.24, 2.45) is 0 Å². The number of hydrogen-bond acceptors (Lipinski definition) is 4. The number of amides is 1. The zero-order chi connectivity index (χ0) is 20.5. The number of nitrogens with zero attached hydrogens (tertiary/aromatic N) is 5. The highest BCUT2D eigenvalue weighted by Crippen LogP contribution is 2.22. The summed E-state index contributed by atoms with van der Waals surface area (Å²) >= 11 is 0. The fourth-order valence-electron chi connectivity index (χ4n) is 3.41. The summed E-state index contributed by atoms with van der Waals surface area (Å²) < 4.78 is 1.73. The minimum atomic E-state index is 0.123. The van der Waals surface area contributed by atoms with Crippen molar-refractivity contribution in [2.45, 2.75) is 59.4 Å². The van der Waals surface area contributed by atoms with E-state index >= 15 is 0 Å². The molecule has 0 aliphatic heterocycles. The SMILES string of the molecule is Cc1nc2ncnn2c(C)c1CCC(=O)N(C)Cc1ccc(C(C)(C)C)cc1. The molecule has 0 unspecified atom stereocenters. The van der Waals surface area contributed by atoms with E-state index in [1.165, 1.54) is 11.9 Å². The van der Waals surface area contributed by atoms with E-state index < -0.39 is 0 Å². The molecule has 0 N–H and O–H groups in total. The summed E-state index contributed by atoms with van der Waals surface area (Å²) in [5.74, 6) is 0.721. The van der Waals surface area contributed by atoms with Gasteiger partial charge in [0.05, 0.1) is 0 Å². The summed E-state index contributed by atoms with van der Waals surface area (Å²) in [5, 5.41) is 4.21. The van der Waals surface area contributed by atoms with Gasteiger partial charge in [-0.1, -0.05) is 45.0 Å². The lowest BCUT2D eigenvalue weighted by atomic mass is 9.87. The van der Waals surface area contributed by atoms with Gasteiger partial charge in [-0.25, -0.2) is 9.50 Å². The number of hydrogen-bond donors (Lipinski definition) is 0. The Labute approximate surface area is 166 Å². The second-order valence-corrected chi connectivity index (χ2v) is 8.43. The Bertz CT molecular complexity index is 983. The quantitative estimate of drug-likeness (QED) is 0.679. The molecule has 0 aliphatic rings. The monoisotopic (exact) mass is 379 g/mol. The molecule has 0 radical (unpaired) electrons. The Kier molecular flexibility index (Phi) is 5.49.